The zero-order valence-corrected chi connectivity index (χ0v) is 14.9. The molecule has 2 N–H and O–H groups in total. The van der Waals surface area contributed by atoms with Gasteiger partial charge in [-0.3, -0.25) is 19.3 Å². The number of hydrogen-bond donors (Lipinski definition) is 2. The number of fused-ring (bicyclic) bond motifs is 1. The molecule has 8 nitrogen and oxygen atoms in total. The van der Waals surface area contributed by atoms with Crippen molar-refractivity contribution in [2.45, 2.75) is 11.7 Å². The first-order valence-corrected chi connectivity index (χ1v) is 9.14. The molecular formula is C18H15N5O3S. The lowest BCUT2D eigenvalue weighted by molar-refractivity contribution is -0.118. The van der Waals surface area contributed by atoms with Gasteiger partial charge in [0.25, 0.3) is 5.56 Å². The van der Waals surface area contributed by atoms with Gasteiger partial charge in [0.15, 0.2) is 10.8 Å². The molecule has 3 heterocycles. The summed E-state index contributed by atoms with van der Waals surface area (Å²) >= 11 is 1.18. The lowest BCUT2D eigenvalue weighted by Gasteiger charge is -2.11. The monoisotopic (exact) mass is 381 g/mol. The van der Waals surface area contributed by atoms with Gasteiger partial charge in [-0.1, -0.05) is 30.0 Å². The molecule has 0 unspecified atom stereocenters. The van der Waals surface area contributed by atoms with E-state index in [2.05, 4.69) is 20.5 Å². The third kappa shape index (κ3) is 3.63. The Morgan fingerprint density at radius 2 is 2.07 bits per heavy atom. The normalized spacial score (nSPS) is 11.0. The smallest absolute Gasteiger partial charge is 0.269 e. The molecule has 9 heteroatoms. The van der Waals surface area contributed by atoms with Crippen molar-refractivity contribution >= 4 is 28.7 Å². The number of H-pyrrole nitrogens is 1. The Bertz CT molecular complexity index is 1120. The molecule has 1 amide bonds. The molecule has 0 saturated carbocycles. The summed E-state index contributed by atoms with van der Waals surface area (Å²) in [5, 5.41) is 10.2. The Balaban J connectivity index is 1.59. The molecule has 0 atom stereocenters. The fourth-order valence-corrected chi connectivity index (χ4v) is 3.39. The number of thioether (sulfide) groups is 1. The predicted molar refractivity (Wildman–Crippen MR) is 101 cm³/mol. The summed E-state index contributed by atoms with van der Waals surface area (Å²) < 4.78 is 6.68. The van der Waals surface area contributed by atoms with Gasteiger partial charge < -0.3 is 9.73 Å². The van der Waals surface area contributed by atoms with Gasteiger partial charge in [0.2, 0.25) is 5.91 Å². The maximum absolute atomic E-state index is 12.9. The van der Waals surface area contributed by atoms with Crippen molar-refractivity contribution < 1.29 is 9.21 Å². The Labute approximate surface area is 157 Å². The van der Waals surface area contributed by atoms with Crippen LogP contribution in [-0.2, 0) is 11.3 Å². The zero-order valence-electron chi connectivity index (χ0n) is 14.1. The molecule has 3 aromatic heterocycles. The van der Waals surface area contributed by atoms with Crippen LogP contribution in [0.3, 0.4) is 0 Å². The first-order valence-electron chi connectivity index (χ1n) is 8.16. The highest BCUT2D eigenvalue weighted by molar-refractivity contribution is 7.99. The van der Waals surface area contributed by atoms with Gasteiger partial charge in [0.05, 0.1) is 30.4 Å². The molecule has 0 fully saturated rings. The van der Waals surface area contributed by atoms with Crippen molar-refractivity contribution in [1.29, 1.82) is 0 Å². The number of furan rings is 1. The van der Waals surface area contributed by atoms with E-state index in [0.29, 0.717) is 34.2 Å². The summed E-state index contributed by atoms with van der Waals surface area (Å²) in [6.45, 7) is 0.310. The molecule has 4 rings (SSSR count). The van der Waals surface area contributed by atoms with E-state index < -0.39 is 0 Å². The number of carbonyl (C=O) groups is 1. The van der Waals surface area contributed by atoms with Gasteiger partial charge in [-0.2, -0.15) is 5.10 Å². The molecule has 4 aromatic rings. The van der Waals surface area contributed by atoms with Crippen LogP contribution >= 0.6 is 11.8 Å². The fourth-order valence-electron chi connectivity index (χ4n) is 2.56. The highest BCUT2D eigenvalue weighted by Crippen LogP contribution is 2.20. The molecule has 0 radical (unpaired) electrons. The minimum atomic E-state index is -0.238. The largest absolute Gasteiger partial charge is 0.467 e. The number of carbonyl (C=O) groups excluding carboxylic acids is 1. The summed E-state index contributed by atoms with van der Waals surface area (Å²) in [6, 6.07) is 12.7. The number of amides is 1. The predicted octanol–water partition coefficient (Wildman–Crippen LogP) is 2.11. The summed E-state index contributed by atoms with van der Waals surface area (Å²) in [5.74, 6) is 0.598. The summed E-state index contributed by atoms with van der Waals surface area (Å²) in [7, 11) is 0. The summed E-state index contributed by atoms with van der Waals surface area (Å²) in [6.07, 6.45) is 3.01. The van der Waals surface area contributed by atoms with E-state index in [1.54, 1.807) is 18.4 Å². The lowest BCUT2D eigenvalue weighted by Crippen LogP contribution is -2.26. The van der Waals surface area contributed by atoms with Gasteiger partial charge in [-0.25, -0.2) is 4.98 Å². The van der Waals surface area contributed by atoms with Crippen LogP contribution < -0.4 is 10.9 Å². The number of nitrogens with one attached hydrogen (secondary N) is 2. The molecule has 0 spiro atoms. The average Bonchev–Trinajstić information content (AvgIpc) is 3.37. The highest BCUT2D eigenvalue weighted by atomic mass is 32.2. The van der Waals surface area contributed by atoms with Crippen molar-refractivity contribution in [3.05, 3.63) is 71.0 Å². The van der Waals surface area contributed by atoms with E-state index >= 15 is 0 Å². The number of rotatable bonds is 6. The highest BCUT2D eigenvalue weighted by Gasteiger charge is 2.15. The van der Waals surface area contributed by atoms with Crippen molar-refractivity contribution in [3.8, 4) is 5.69 Å². The number of hydrogen-bond acceptors (Lipinski definition) is 6. The van der Waals surface area contributed by atoms with E-state index in [0.717, 1.165) is 0 Å². The third-order valence-corrected chi connectivity index (χ3v) is 4.78. The van der Waals surface area contributed by atoms with E-state index in [-0.39, 0.29) is 17.2 Å². The van der Waals surface area contributed by atoms with Crippen molar-refractivity contribution in [2.24, 2.45) is 0 Å². The minimum absolute atomic E-state index is 0.111. The summed E-state index contributed by atoms with van der Waals surface area (Å²) in [4.78, 5) is 29.5. The average molecular weight is 381 g/mol. The molecule has 0 aliphatic heterocycles. The number of aromatic nitrogens is 4. The second-order valence-corrected chi connectivity index (χ2v) is 6.59. The van der Waals surface area contributed by atoms with Crippen LogP contribution in [0.1, 0.15) is 5.76 Å². The minimum Gasteiger partial charge on any atom is -0.467 e. The number of aromatic amines is 1. The van der Waals surface area contributed by atoms with Gasteiger partial charge >= 0.3 is 0 Å². The van der Waals surface area contributed by atoms with E-state index in [1.807, 2.05) is 30.3 Å². The number of nitrogens with zero attached hydrogens (tertiary/aromatic N) is 3. The Morgan fingerprint density at radius 3 is 2.85 bits per heavy atom. The van der Waals surface area contributed by atoms with Crippen LogP contribution in [0.5, 0.6) is 0 Å². The Kier molecular flexibility index (Phi) is 4.75. The lowest BCUT2D eigenvalue weighted by atomic mass is 10.3. The van der Waals surface area contributed by atoms with Gasteiger partial charge in [0, 0.05) is 0 Å². The van der Waals surface area contributed by atoms with Crippen LogP contribution in [-0.4, -0.2) is 31.4 Å². The van der Waals surface area contributed by atoms with Gasteiger partial charge in [0.1, 0.15) is 11.1 Å². The van der Waals surface area contributed by atoms with Crippen LogP contribution in [0.15, 0.2) is 69.3 Å². The Morgan fingerprint density at radius 1 is 1.22 bits per heavy atom. The first-order chi connectivity index (χ1) is 13.2. The van der Waals surface area contributed by atoms with Crippen LogP contribution in [0.2, 0.25) is 0 Å². The standard InChI is InChI=1S/C18H15N5O3S/c24-15(19-9-13-7-4-8-26-13)11-27-18-21-16-14(10-20-22-16)17(25)23(18)12-5-2-1-3-6-12/h1-8,10H,9,11H2,(H,19,24)(H,20,22). The molecule has 0 saturated heterocycles. The maximum atomic E-state index is 12.9. The van der Waals surface area contributed by atoms with E-state index in [4.69, 9.17) is 4.42 Å². The van der Waals surface area contributed by atoms with Gasteiger partial charge in [-0.15, -0.1) is 0 Å². The second-order valence-electron chi connectivity index (χ2n) is 5.65. The fraction of sp³-hybridized carbons (Fsp3) is 0.111. The van der Waals surface area contributed by atoms with Crippen LogP contribution in [0.4, 0.5) is 0 Å². The molecular weight excluding hydrogens is 366 g/mol. The SMILES string of the molecule is O=C(CSc1nc2[nH]ncc2c(=O)n1-c1ccccc1)NCc1ccco1. The topological polar surface area (TPSA) is 106 Å². The van der Waals surface area contributed by atoms with Gasteiger partial charge in [-0.05, 0) is 24.3 Å². The summed E-state index contributed by atoms with van der Waals surface area (Å²) in [5.41, 5.74) is 0.834. The van der Waals surface area contributed by atoms with Crippen molar-refractivity contribution in [1.82, 2.24) is 25.1 Å². The first kappa shape index (κ1) is 17.1. The van der Waals surface area contributed by atoms with Crippen LogP contribution in [0.25, 0.3) is 16.7 Å². The van der Waals surface area contributed by atoms with E-state index in [9.17, 15) is 9.59 Å². The van der Waals surface area contributed by atoms with Crippen molar-refractivity contribution in [3.63, 3.8) is 0 Å². The number of benzene rings is 1. The van der Waals surface area contributed by atoms with Crippen LogP contribution in [0, 0.1) is 0 Å². The van der Waals surface area contributed by atoms with Crippen molar-refractivity contribution in [2.75, 3.05) is 5.75 Å². The maximum Gasteiger partial charge on any atom is 0.269 e. The quantitative estimate of drug-likeness (QED) is 0.391. The molecule has 0 aliphatic rings. The molecule has 0 aliphatic carbocycles. The third-order valence-electron chi connectivity index (χ3n) is 3.84. The zero-order chi connectivity index (χ0) is 18.6. The molecule has 27 heavy (non-hydrogen) atoms. The number of para-hydroxylation sites is 1. The molecule has 136 valence electrons. The molecule has 1 aromatic carbocycles. The second kappa shape index (κ2) is 7.50. The van der Waals surface area contributed by atoms with E-state index in [1.165, 1.54) is 22.5 Å². The molecule has 0 bridgehead atoms. The Hall–Kier alpha value is -3.33.